The summed E-state index contributed by atoms with van der Waals surface area (Å²) in [6, 6.07) is 11.6. The molecule has 0 aliphatic carbocycles. The van der Waals surface area contributed by atoms with Gasteiger partial charge in [0, 0.05) is 11.3 Å². The SMILES string of the molecule is Cc1ccc(NC(=O)Cn2nnc(-c3ccc(C)cc3-n3cnnn3)n2)c(C)c1. The lowest BCUT2D eigenvalue weighted by molar-refractivity contribution is -0.117. The van der Waals surface area contributed by atoms with Crippen molar-refractivity contribution in [2.24, 2.45) is 0 Å². The third kappa shape index (κ3) is 4.00. The summed E-state index contributed by atoms with van der Waals surface area (Å²) >= 11 is 0. The van der Waals surface area contributed by atoms with Crippen molar-refractivity contribution in [1.29, 1.82) is 0 Å². The zero-order valence-electron chi connectivity index (χ0n) is 16.2. The summed E-state index contributed by atoms with van der Waals surface area (Å²) in [5, 5.41) is 26.6. The maximum atomic E-state index is 12.4. The molecule has 2 aromatic heterocycles. The number of tetrazole rings is 2. The maximum Gasteiger partial charge on any atom is 0.248 e. The molecule has 1 amide bonds. The molecule has 0 unspecified atom stereocenters. The Hall–Kier alpha value is -3.95. The molecule has 0 aliphatic heterocycles. The van der Waals surface area contributed by atoms with Crippen LogP contribution < -0.4 is 5.32 Å². The second-order valence-electron chi connectivity index (χ2n) is 6.78. The minimum absolute atomic E-state index is 0.0492. The van der Waals surface area contributed by atoms with E-state index in [0.717, 1.165) is 28.1 Å². The number of carbonyl (C=O) groups is 1. The van der Waals surface area contributed by atoms with Gasteiger partial charge in [-0.2, -0.15) is 9.48 Å². The number of aryl methyl sites for hydroxylation is 3. The Balaban J connectivity index is 1.54. The standard InChI is InChI=1S/C19H19N9O/c1-12-5-7-16(14(3)8-12)21-18(29)10-28-23-19(22-25-28)15-6-4-13(2)9-17(15)27-11-20-24-26-27/h4-9,11H,10H2,1-3H3,(H,21,29). The van der Waals surface area contributed by atoms with Gasteiger partial charge in [-0.3, -0.25) is 4.79 Å². The van der Waals surface area contributed by atoms with Crippen LogP contribution >= 0.6 is 0 Å². The molecule has 146 valence electrons. The molecule has 0 bridgehead atoms. The fraction of sp³-hybridized carbons (Fsp3) is 0.211. The van der Waals surface area contributed by atoms with E-state index >= 15 is 0 Å². The third-order valence-corrected chi connectivity index (χ3v) is 4.38. The molecule has 0 saturated heterocycles. The molecular formula is C19H19N9O. The minimum atomic E-state index is -0.231. The lowest BCUT2D eigenvalue weighted by Crippen LogP contribution is -2.21. The quantitative estimate of drug-likeness (QED) is 0.554. The zero-order chi connectivity index (χ0) is 20.4. The Morgan fingerprint density at radius 1 is 1.03 bits per heavy atom. The van der Waals surface area contributed by atoms with E-state index in [1.807, 2.05) is 57.2 Å². The highest BCUT2D eigenvalue weighted by molar-refractivity contribution is 5.91. The van der Waals surface area contributed by atoms with Gasteiger partial charge in [-0.25, -0.2) is 0 Å². The second kappa shape index (κ2) is 7.58. The van der Waals surface area contributed by atoms with Crippen LogP contribution in [0, 0.1) is 20.8 Å². The van der Waals surface area contributed by atoms with Crippen LogP contribution in [0.5, 0.6) is 0 Å². The molecule has 29 heavy (non-hydrogen) atoms. The summed E-state index contributed by atoms with van der Waals surface area (Å²) in [6.45, 7) is 5.88. The van der Waals surface area contributed by atoms with Crippen LogP contribution in [-0.4, -0.2) is 46.3 Å². The molecule has 10 heteroatoms. The highest BCUT2D eigenvalue weighted by Crippen LogP contribution is 2.24. The number of benzene rings is 2. The molecule has 2 aromatic carbocycles. The average molecular weight is 389 g/mol. The Labute approximate surface area is 166 Å². The van der Waals surface area contributed by atoms with Crippen molar-refractivity contribution in [3.63, 3.8) is 0 Å². The van der Waals surface area contributed by atoms with E-state index in [-0.39, 0.29) is 12.5 Å². The predicted molar refractivity (Wildman–Crippen MR) is 105 cm³/mol. The third-order valence-electron chi connectivity index (χ3n) is 4.38. The van der Waals surface area contributed by atoms with Crippen molar-refractivity contribution in [2.45, 2.75) is 27.3 Å². The molecule has 0 aliphatic rings. The summed E-state index contributed by atoms with van der Waals surface area (Å²) in [6.07, 6.45) is 1.50. The summed E-state index contributed by atoms with van der Waals surface area (Å²) in [7, 11) is 0. The normalized spacial score (nSPS) is 10.9. The first-order chi connectivity index (χ1) is 14.0. The highest BCUT2D eigenvalue weighted by Gasteiger charge is 2.15. The number of hydrogen-bond acceptors (Lipinski definition) is 7. The number of rotatable bonds is 5. The molecule has 0 radical (unpaired) electrons. The van der Waals surface area contributed by atoms with Gasteiger partial charge in [0.2, 0.25) is 11.7 Å². The van der Waals surface area contributed by atoms with Gasteiger partial charge in [0.25, 0.3) is 0 Å². The number of hydrogen-bond donors (Lipinski definition) is 1. The van der Waals surface area contributed by atoms with E-state index in [4.69, 9.17) is 0 Å². The van der Waals surface area contributed by atoms with Crippen molar-refractivity contribution < 1.29 is 4.79 Å². The predicted octanol–water partition coefficient (Wildman–Crippen LogP) is 1.88. The Morgan fingerprint density at radius 2 is 1.83 bits per heavy atom. The lowest BCUT2D eigenvalue weighted by Gasteiger charge is -2.08. The van der Waals surface area contributed by atoms with E-state index < -0.39 is 0 Å². The number of aromatic nitrogens is 8. The lowest BCUT2D eigenvalue weighted by atomic mass is 10.1. The first-order valence-corrected chi connectivity index (χ1v) is 8.99. The smallest absolute Gasteiger partial charge is 0.248 e. The average Bonchev–Trinajstić information content (AvgIpc) is 3.36. The number of anilines is 1. The van der Waals surface area contributed by atoms with Gasteiger partial charge >= 0.3 is 0 Å². The van der Waals surface area contributed by atoms with E-state index in [1.165, 1.54) is 15.8 Å². The van der Waals surface area contributed by atoms with Crippen LogP contribution in [-0.2, 0) is 11.3 Å². The molecule has 2 heterocycles. The van der Waals surface area contributed by atoms with E-state index in [0.29, 0.717) is 11.4 Å². The van der Waals surface area contributed by atoms with Crippen LogP contribution in [0.15, 0.2) is 42.7 Å². The fourth-order valence-electron chi connectivity index (χ4n) is 2.98. The van der Waals surface area contributed by atoms with Crippen molar-refractivity contribution in [1.82, 2.24) is 40.4 Å². The molecule has 0 saturated carbocycles. The van der Waals surface area contributed by atoms with Crippen LogP contribution in [0.4, 0.5) is 5.69 Å². The number of amides is 1. The topological polar surface area (TPSA) is 116 Å². The van der Waals surface area contributed by atoms with E-state index in [2.05, 4.69) is 36.3 Å². The van der Waals surface area contributed by atoms with Crippen LogP contribution in [0.3, 0.4) is 0 Å². The molecule has 0 fully saturated rings. The summed E-state index contributed by atoms with van der Waals surface area (Å²) in [5.41, 5.74) is 5.38. The van der Waals surface area contributed by atoms with E-state index in [1.54, 1.807) is 0 Å². The van der Waals surface area contributed by atoms with Crippen molar-refractivity contribution in [2.75, 3.05) is 5.32 Å². The molecule has 10 nitrogen and oxygen atoms in total. The molecule has 0 spiro atoms. The van der Waals surface area contributed by atoms with Crippen LogP contribution in [0.1, 0.15) is 16.7 Å². The number of carbonyl (C=O) groups excluding carboxylic acids is 1. The largest absolute Gasteiger partial charge is 0.324 e. The van der Waals surface area contributed by atoms with Crippen LogP contribution in [0.2, 0.25) is 0 Å². The molecule has 0 atom stereocenters. The fourth-order valence-corrected chi connectivity index (χ4v) is 2.98. The van der Waals surface area contributed by atoms with Gasteiger partial charge in [0.1, 0.15) is 12.9 Å². The van der Waals surface area contributed by atoms with Gasteiger partial charge in [0.05, 0.1) is 5.69 Å². The zero-order valence-corrected chi connectivity index (χ0v) is 16.2. The first kappa shape index (κ1) is 18.4. The second-order valence-corrected chi connectivity index (χ2v) is 6.78. The number of nitrogens with one attached hydrogen (secondary N) is 1. The van der Waals surface area contributed by atoms with Crippen molar-refractivity contribution in [3.05, 3.63) is 59.4 Å². The Kier molecular flexibility index (Phi) is 4.82. The Bertz CT molecular complexity index is 1160. The van der Waals surface area contributed by atoms with Crippen molar-refractivity contribution >= 4 is 11.6 Å². The van der Waals surface area contributed by atoms with E-state index in [9.17, 15) is 4.79 Å². The van der Waals surface area contributed by atoms with Crippen molar-refractivity contribution in [3.8, 4) is 17.1 Å². The van der Waals surface area contributed by atoms with Crippen LogP contribution in [0.25, 0.3) is 17.1 Å². The van der Waals surface area contributed by atoms with Gasteiger partial charge in [0.15, 0.2) is 0 Å². The minimum Gasteiger partial charge on any atom is -0.324 e. The number of nitrogens with zero attached hydrogens (tertiary/aromatic N) is 8. The molecular weight excluding hydrogens is 370 g/mol. The molecule has 4 rings (SSSR count). The van der Waals surface area contributed by atoms with Gasteiger partial charge < -0.3 is 5.32 Å². The van der Waals surface area contributed by atoms with Gasteiger partial charge in [-0.1, -0.05) is 23.8 Å². The monoisotopic (exact) mass is 389 g/mol. The van der Waals surface area contributed by atoms with Gasteiger partial charge in [-0.15, -0.1) is 15.3 Å². The molecule has 1 N–H and O–H groups in total. The summed E-state index contributed by atoms with van der Waals surface area (Å²) in [5.74, 6) is 0.153. The molecule has 4 aromatic rings. The summed E-state index contributed by atoms with van der Waals surface area (Å²) in [4.78, 5) is 13.7. The first-order valence-electron chi connectivity index (χ1n) is 8.99. The Morgan fingerprint density at radius 3 is 2.59 bits per heavy atom. The maximum absolute atomic E-state index is 12.4. The summed E-state index contributed by atoms with van der Waals surface area (Å²) < 4.78 is 1.54. The highest BCUT2D eigenvalue weighted by atomic mass is 16.2. The van der Waals surface area contributed by atoms with Gasteiger partial charge in [-0.05, 0) is 65.7 Å².